The molecule has 140 valence electrons. The summed E-state index contributed by atoms with van der Waals surface area (Å²) < 4.78 is 16.1. The van der Waals surface area contributed by atoms with E-state index in [0.29, 0.717) is 17.2 Å². The molecule has 2 heterocycles. The Morgan fingerprint density at radius 3 is 2.59 bits per heavy atom. The number of hydrazone groups is 1. The van der Waals surface area contributed by atoms with Gasteiger partial charge in [-0.05, 0) is 30.9 Å². The maximum Gasteiger partial charge on any atom is 0.164 e. The summed E-state index contributed by atoms with van der Waals surface area (Å²) in [6.45, 7) is 0. The Bertz CT molecular complexity index is 1020. The van der Waals surface area contributed by atoms with Crippen LogP contribution in [0.15, 0.2) is 23.6 Å². The van der Waals surface area contributed by atoms with Crippen molar-refractivity contribution in [2.24, 2.45) is 5.10 Å². The number of nitrogens with zero attached hydrogens (tertiary/aromatic N) is 3. The first-order valence-electron chi connectivity index (χ1n) is 8.59. The number of aryl methyl sites for hydroxylation is 2. The molecule has 1 aliphatic carbocycles. The van der Waals surface area contributed by atoms with Gasteiger partial charge >= 0.3 is 0 Å². The van der Waals surface area contributed by atoms with Crippen molar-refractivity contribution in [2.45, 2.75) is 19.3 Å². The van der Waals surface area contributed by atoms with Crippen LogP contribution in [0.25, 0.3) is 10.2 Å². The molecular weight excluding hydrogens is 364 g/mol. The first-order chi connectivity index (χ1) is 13.2. The minimum absolute atomic E-state index is 0.603. The lowest BCUT2D eigenvalue weighted by atomic mass is 10.2. The summed E-state index contributed by atoms with van der Waals surface area (Å²) in [6, 6.07) is 3.59. The number of hydrogen-bond donors (Lipinski definition) is 1. The Kier molecular flexibility index (Phi) is 4.81. The van der Waals surface area contributed by atoms with Crippen molar-refractivity contribution >= 4 is 33.6 Å². The molecule has 0 aliphatic heterocycles. The van der Waals surface area contributed by atoms with Gasteiger partial charge in [0.05, 0.1) is 32.9 Å². The Balaban J connectivity index is 1.64. The lowest BCUT2D eigenvalue weighted by Gasteiger charge is -2.11. The predicted octanol–water partition coefficient (Wildman–Crippen LogP) is 3.65. The van der Waals surface area contributed by atoms with Crippen LogP contribution in [0.4, 0.5) is 5.82 Å². The van der Waals surface area contributed by atoms with E-state index < -0.39 is 0 Å². The van der Waals surface area contributed by atoms with Crippen molar-refractivity contribution in [3.8, 4) is 17.2 Å². The number of aromatic nitrogens is 2. The number of thiophene rings is 1. The van der Waals surface area contributed by atoms with Gasteiger partial charge in [0, 0.05) is 16.5 Å². The molecule has 1 aliphatic rings. The van der Waals surface area contributed by atoms with Gasteiger partial charge in [-0.1, -0.05) is 0 Å². The lowest BCUT2D eigenvalue weighted by molar-refractivity contribution is 0.349. The summed E-state index contributed by atoms with van der Waals surface area (Å²) in [6.07, 6.45) is 6.65. The second kappa shape index (κ2) is 7.40. The predicted molar refractivity (Wildman–Crippen MR) is 107 cm³/mol. The number of benzene rings is 1. The van der Waals surface area contributed by atoms with E-state index in [9.17, 15) is 0 Å². The molecule has 0 saturated heterocycles. The van der Waals surface area contributed by atoms with E-state index in [0.717, 1.165) is 34.4 Å². The molecule has 0 atom stereocenters. The Labute approximate surface area is 161 Å². The zero-order chi connectivity index (χ0) is 18.8. The summed E-state index contributed by atoms with van der Waals surface area (Å²) in [5, 5.41) is 5.46. The first kappa shape index (κ1) is 17.5. The molecule has 8 heteroatoms. The maximum atomic E-state index is 5.43. The number of methoxy groups -OCH3 is 3. The van der Waals surface area contributed by atoms with Gasteiger partial charge in [-0.3, -0.25) is 5.43 Å². The fourth-order valence-electron chi connectivity index (χ4n) is 3.33. The van der Waals surface area contributed by atoms with Crippen LogP contribution in [0.3, 0.4) is 0 Å². The van der Waals surface area contributed by atoms with Gasteiger partial charge in [-0.25, -0.2) is 9.97 Å². The molecule has 0 spiro atoms. The fraction of sp³-hybridized carbons (Fsp3) is 0.316. The van der Waals surface area contributed by atoms with E-state index in [1.807, 2.05) is 6.07 Å². The maximum absolute atomic E-state index is 5.43. The van der Waals surface area contributed by atoms with Crippen LogP contribution in [0.1, 0.15) is 22.4 Å². The van der Waals surface area contributed by atoms with E-state index in [1.165, 1.54) is 16.9 Å². The van der Waals surface area contributed by atoms with Gasteiger partial charge in [-0.2, -0.15) is 5.10 Å². The molecule has 0 radical (unpaired) electrons. The summed E-state index contributed by atoms with van der Waals surface area (Å²) in [7, 11) is 4.79. The second-order valence-corrected chi connectivity index (χ2v) is 7.16. The minimum Gasteiger partial charge on any atom is -0.496 e. The fourth-order valence-corrected chi connectivity index (χ4v) is 4.56. The van der Waals surface area contributed by atoms with Gasteiger partial charge in [0.15, 0.2) is 17.3 Å². The number of rotatable bonds is 6. The molecule has 1 aromatic carbocycles. The van der Waals surface area contributed by atoms with Gasteiger partial charge < -0.3 is 14.2 Å². The normalized spacial score (nSPS) is 13.1. The lowest BCUT2D eigenvalue weighted by Crippen LogP contribution is -1.99. The molecule has 1 N–H and O–H groups in total. The summed E-state index contributed by atoms with van der Waals surface area (Å²) in [5.74, 6) is 2.59. The minimum atomic E-state index is 0.603. The highest BCUT2D eigenvalue weighted by molar-refractivity contribution is 7.19. The molecule has 0 saturated carbocycles. The molecule has 27 heavy (non-hydrogen) atoms. The SMILES string of the molecule is COc1cc(OC)c(OC)cc1/C=N\Nc1ncnc2sc3c(c12)CCC3. The van der Waals surface area contributed by atoms with Crippen LogP contribution in [-0.2, 0) is 12.8 Å². The molecule has 0 amide bonds. The Morgan fingerprint density at radius 2 is 1.81 bits per heavy atom. The first-order valence-corrected chi connectivity index (χ1v) is 9.41. The van der Waals surface area contributed by atoms with Crippen molar-refractivity contribution in [3.05, 3.63) is 34.5 Å². The standard InChI is InChI=1S/C19H20N4O3S/c1-24-13-8-15(26-3)14(25-2)7-11(13)9-22-23-18-17-12-5-4-6-16(12)27-19(17)21-10-20-18/h7-10H,4-6H2,1-3H3,(H,20,21,23)/b22-9-. The van der Waals surface area contributed by atoms with Gasteiger partial charge in [0.2, 0.25) is 0 Å². The number of nitrogens with one attached hydrogen (secondary N) is 1. The van der Waals surface area contributed by atoms with Crippen molar-refractivity contribution in [3.63, 3.8) is 0 Å². The van der Waals surface area contributed by atoms with Gasteiger partial charge in [0.25, 0.3) is 0 Å². The summed E-state index contributed by atoms with van der Waals surface area (Å²) in [5.41, 5.74) is 5.19. The summed E-state index contributed by atoms with van der Waals surface area (Å²) >= 11 is 1.75. The van der Waals surface area contributed by atoms with E-state index in [2.05, 4.69) is 20.5 Å². The zero-order valence-corrected chi connectivity index (χ0v) is 16.2. The number of fused-ring (bicyclic) bond motifs is 3. The molecule has 0 bridgehead atoms. The van der Waals surface area contributed by atoms with Crippen molar-refractivity contribution in [2.75, 3.05) is 26.8 Å². The third-order valence-corrected chi connectivity index (χ3v) is 5.81. The van der Waals surface area contributed by atoms with Crippen molar-refractivity contribution in [1.29, 1.82) is 0 Å². The topological polar surface area (TPSA) is 77.9 Å². The quantitative estimate of drug-likeness (QED) is 0.516. The molecular formula is C19H20N4O3S. The third-order valence-electron chi connectivity index (χ3n) is 4.61. The number of anilines is 1. The third kappa shape index (κ3) is 3.16. The van der Waals surface area contributed by atoms with E-state index in [1.54, 1.807) is 51.3 Å². The van der Waals surface area contributed by atoms with Crippen LogP contribution in [0, 0.1) is 0 Å². The molecule has 4 rings (SSSR count). The van der Waals surface area contributed by atoms with Crippen LogP contribution < -0.4 is 19.6 Å². The molecule has 7 nitrogen and oxygen atoms in total. The summed E-state index contributed by atoms with van der Waals surface area (Å²) in [4.78, 5) is 11.2. The Hall–Kier alpha value is -2.87. The number of hydrogen-bond acceptors (Lipinski definition) is 8. The van der Waals surface area contributed by atoms with Crippen molar-refractivity contribution < 1.29 is 14.2 Å². The van der Waals surface area contributed by atoms with Crippen LogP contribution in [0.2, 0.25) is 0 Å². The average molecular weight is 384 g/mol. The van der Waals surface area contributed by atoms with Crippen molar-refractivity contribution in [1.82, 2.24) is 9.97 Å². The monoisotopic (exact) mass is 384 g/mol. The smallest absolute Gasteiger partial charge is 0.164 e. The molecule has 0 fully saturated rings. The van der Waals surface area contributed by atoms with Crippen LogP contribution >= 0.6 is 11.3 Å². The highest BCUT2D eigenvalue weighted by Crippen LogP contribution is 2.39. The van der Waals surface area contributed by atoms with Gasteiger partial charge in [-0.15, -0.1) is 11.3 Å². The highest BCUT2D eigenvalue weighted by atomic mass is 32.1. The average Bonchev–Trinajstić information content (AvgIpc) is 3.28. The molecule has 0 unspecified atom stereocenters. The largest absolute Gasteiger partial charge is 0.496 e. The van der Waals surface area contributed by atoms with E-state index in [4.69, 9.17) is 14.2 Å². The second-order valence-electron chi connectivity index (χ2n) is 6.08. The highest BCUT2D eigenvalue weighted by Gasteiger charge is 2.21. The van der Waals surface area contributed by atoms with E-state index in [-0.39, 0.29) is 0 Å². The van der Waals surface area contributed by atoms with E-state index >= 15 is 0 Å². The Morgan fingerprint density at radius 1 is 1.04 bits per heavy atom. The van der Waals surface area contributed by atoms with Crippen LogP contribution in [0.5, 0.6) is 17.2 Å². The zero-order valence-electron chi connectivity index (χ0n) is 15.4. The molecule has 2 aromatic heterocycles. The van der Waals surface area contributed by atoms with Gasteiger partial charge in [0.1, 0.15) is 16.9 Å². The van der Waals surface area contributed by atoms with Crippen LogP contribution in [-0.4, -0.2) is 37.5 Å². The number of ether oxygens (including phenoxy) is 3. The molecule has 3 aromatic rings.